The molecule has 3 amide bonds. The first-order valence-electron chi connectivity index (χ1n) is 4.15. The molecule has 14 heavy (non-hydrogen) atoms. The highest BCUT2D eigenvalue weighted by atomic mass is 16.2. The van der Waals surface area contributed by atoms with E-state index in [2.05, 4.69) is 5.32 Å². The highest BCUT2D eigenvalue weighted by molar-refractivity contribution is 6.12. The third-order valence-corrected chi connectivity index (χ3v) is 1.74. The zero-order valence-electron chi connectivity index (χ0n) is 7.53. The number of nitrogens with two attached hydrogens (primary N) is 1. The summed E-state index contributed by atoms with van der Waals surface area (Å²) in [7, 11) is 0. The van der Waals surface area contributed by atoms with Crippen molar-refractivity contribution in [3.8, 4) is 0 Å². The lowest BCUT2D eigenvalue weighted by atomic mass is 10.5. The second-order valence-electron chi connectivity index (χ2n) is 2.72. The molecular weight excluding hydrogens is 186 g/mol. The van der Waals surface area contributed by atoms with E-state index < -0.39 is 0 Å². The Bertz CT molecular complexity index is 280. The molecule has 1 aliphatic heterocycles. The Balaban J connectivity index is 2.29. The molecule has 0 atom stereocenters. The maximum Gasteiger partial charge on any atom is 0.253 e. The van der Waals surface area contributed by atoms with Crippen molar-refractivity contribution in [1.29, 1.82) is 0 Å². The van der Waals surface area contributed by atoms with Crippen molar-refractivity contribution in [3.63, 3.8) is 0 Å². The molecule has 76 valence electrons. The Morgan fingerprint density at radius 2 is 1.93 bits per heavy atom. The van der Waals surface area contributed by atoms with Crippen molar-refractivity contribution < 1.29 is 14.4 Å². The van der Waals surface area contributed by atoms with E-state index in [4.69, 9.17) is 5.73 Å². The first kappa shape index (κ1) is 10.4. The number of carbonyl (C=O) groups excluding carboxylic acids is 3. The molecule has 0 aromatic rings. The Hall–Kier alpha value is -1.69. The zero-order chi connectivity index (χ0) is 10.6. The van der Waals surface area contributed by atoms with Gasteiger partial charge in [0.1, 0.15) is 0 Å². The van der Waals surface area contributed by atoms with Crippen LogP contribution < -0.4 is 11.1 Å². The molecule has 0 spiro atoms. The van der Waals surface area contributed by atoms with Crippen LogP contribution in [0, 0.1) is 0 Å². The largest absolute Gasteiger partial charge is 0.353 e. The van der Waals surface area contributed by atoms with Crippen LogP contribution in [0.2, 0.25) is 0 Å². The quantitative estimate of drug-likeness (QED) is 0.509. The molecule has 0 saturated carbocycles. The average Bonchev–Trinajstić information content (AvgIpc) is 2.48. The van der Waals surface area contributed by atoms with E-state index in [1.807, 2.05) is 0 Å². The van der Waals surface area contributed by atoms with Crippen LogP contribution in [-0.4, -0.2) is 42.3 Å². The zero-order valence-corrected chi connectivity index (χ0v) is 7.53. The first-order chi connectivity index (χ1) is 6.65. The standard InChI is InChI=1S/C8H11N3O3/c9-5-6(12)10-3-4-11-7(13)1-2-8(11)14/h1-2H,3-5,9H2,(H,10,12). The summed E-state index contributed by atoms with van der Waals surface area (Å²) in [6.07, 6.45) is 2.40. The van der Waals surface area contributed by atoms with Crippen LogP contribution >= 0.6 is 0 Å². The van der Waals surface area contributed by atoms with Crippen molar-refractivity contribution in [3.05, 3.63) is 12.2 Å². The van der Waals surface area contributed by atoms with Crippen molar-refractivity contribution in [2.24, 2.45) is 5.73 Å². The Morgan fingerprint density at radius 1 is 1.36 bits per heavy atom. The average molecular weight is 197 g/mol. The smallest absolute Gasteiger partial charge is 0.253 e. The van der Waals surface area contributed by atoms with Gasteiger partial charge in [-0.1, -0.05) is 0 Å². The van der Waals surface area contributed by atoms with Crippen LogP contribution in [0.1, 0.15) is 0 Å². The monoisotopic (exact) mass is 197 g/mol. The summed E-state index contributed by atoms with van der Waals surface area (Å²) in [5, 5.41) is 2.46. The number of nitrogens with zero attached hydrogens (tertiary/aromatic N) is 1. The number of amides is 3. The molecule has 0 aromatic heterocycles. The second kappa shape index (κ2) is 4.52. The van der Waals surface area contributed by atoms with Gasteiger partial charge in [0.2, 0.25) is 5.91 Å². The molecule has 6 heteroatoms. The molecule has 0 fully saturated rings. The Morgan fingerprint density at radius 3 is 2.43 bits per heavy atom. The van der Waals surface area contributed by atoms with Gasteiger partial charge in [-0.05, 0) is 0 Å². The molecule has 1 heterocycles. The second-order valence-corrected chi connectivity index (χ2v) is 2.72. The maximum absolute atomic E-state index is 11.0. The van der Waals surface area contributed by atoms with Crippen molar-refractivity contribution in [2.45, 2.75) is 0 Å². The molecule has 0 radical (unpaired) electrons. The Kier molecular flexibility index (Phi) is 3.35. The number of rotatable bonds is 4. The topological polar surface area (TPSA) is 92.5 Å². The molecule has 0 saturated heterocycles. The fourth-order valence-corrected chi connectivity index (χ4v) is 1.03. The van der Waals surface area contributed by atoms with Crippen LogP contribution in [0.25, 0.3) is 0 Å². The number of imide groups is 1. The molecule has 0 aliphatic carbocycles. The van der Waals surface area contributed by atoms with E-state index >= 15 is 0 Å². The molecule has 1 aliphatic rings. The van der Waals surface area contributed by atoms with Crippen molar-refractivity contribution in [2.75, 3.05) is 19.6 Å². The fraction of sp³-hybridized carbons (Fsp3) is 0.375. The van der Waals surface area contributed by atoms with E-state index in [1.54, 1.807) is 0 Å². The highest BCUT2D eigenvalue weighted by Gasteiger charge is 2.22. The normalized spacial score (nSPS) is 15.1. The first-order valence-corrected chi connectivity index (χ1v) is 4.15. The molecular formula is C8H11N3O3. The number of nitrogens with one attached hydrogen (secondary N) is 1. The molecule has 0 bridgehead atoms. The van der Waals surface area contributed by atoms with E-state index in [0.717, 1.165) is 4.90 Å². The van der Waals surface area contributed by atoms with Crippen LogP contribution in [0.15, 0.2) is 12.2 Å². The molecule has 6 nitrogen and oxygen atoms in total. The number of hydrogen-bond donors (Lipinski definition) is 2. The van der Waals surface area contributed by atoms with Gasteiger partial charge < -0.3 is 11.1 Å². The van der Waals surface area contributed by atoms with Crippen LogP contribution in [0.3, 0.4) is 0 Å². The van der Waals surface area contributed by atoms with E-state index in [9.17, 15) is 14.4 Å². The van der Waals surface area contributed by atoms with Crippen molar-refractivity contribution in [1.82, 2.24) is 10.2 Å². The summed E-state index contributed by atoms with van der Waals surface area (Å²) in [5.41, 5.74) is 5.05. The van der Waals surface area contributed by atoms with Gasteiger partial charge in [-0.25, -0.2) is 0 Å². The van der Waals surface area contributed by atoms with Gasteiger partial charge in [0.25, 0.3) is 11.8 Å². The maximum atomic E-state index is 11.0. The van der Waals surface area contributed by atoms with Crippen LogP contribution in [0.4, 0.5) is 0 Å². The minimum Gasteiger partial charge on any atom is -0.353 e. The third kappa shape index (κ3) is 2.40. The number of carbonyl (C=O) groups is 3. The van der Waals surface area contributed by atoms with E-state index in [-0.39, 0.29) is 37.4 Å². The van der Waals surface area contributed by atoms with Gasteiger partial charge in [0.15, 0.2) is 0 Å². The van der Waals surface area contributed by atoms with Crippen LogP contribution in [0.5, 0.6) is 0 Å². The number of hydrogen-bond acceptors (Lipinski definition) is 4. The predicted octanol–water partition coefficient (Wildman–Crippen LogP) is -2.01. The fourth-order valence-electron chi connectivity index (χ4n) is 1.03. The summed E-state index contributed by atoms with van der Waals surface area (Å²) in [5.74, 6) is -1.01. The predicted molar refractivity (Wildman–Crippen MR) is 47.9 cm³/mol. The molecule has 0 aromatic carbocycles. The lowest BCUT2D eigenvalue weighted by molar-refractivity contribution is -0.137. The van der Waals surface area contributed by atoms with Gasteiger partial charge in [-0.15, -0.1) is 0 Å². The van der Waals surface area contributed by atoms with Crippen LogP contribution in [-0.2, 0) is 14.4 Å². The lowest BCUT2D eigenvalue weighted by Crippen LogP contribution is -2.39. The van der Waals surface area contributed by atoms with Gasteiger partial charge in [0.05, 0.1) is 6.54 Å². The van der Waals surface area contributed by atoms with Gasteiger partial charge in [0, 0.05) is 25.2 Å². The summed E-state index contributed by atoms with van der Waals surface area (Å²) in [6.45, 7) is 0.311. The lowest BCUT2D eigenvalue weighted by Gasteiger charge is -2.13. The van der Waals surface area contributed by atoms with Crippen molar-refractivity contribution >= 4 is 17.7 Å². The minimum atomic E-state index is -0.350. The summed E-state index contributed by atoms with van der Waals surface area (Å²) in [6, 6.07) is 0. The minimum absolute atomic E-state index is 0.0971. The van der Waals surface area contributed by atoms with Gasteiger partial charge in [-0.3, -0.25) is 19.3 Å². The van der Waals surface area contributed by atoms with E-state index in [0.29, 0.717) is 0 Å². The highest BCUT2D eigenvalue weighted by Crippen LogP contribution is 2.01. The molecule has 1 rings (SSSR count). The van der Waals surface area contributed by atoms with E-state index in [1.165, 1.54) is 12.2 Å². The van der Waals surface area contributed by atoms with Gasteiger partial charge >= 0.3 is 0 Å². The summed E-state index contributed by atoms with van der Waals surface area (Å²) >= 11 is 0. The molecule has 0 unspecified atom stereocenters. The summed E-state index contributed by atoms with van der Waals surface area (Å²) in [4.78, 5) is 33.8. The Labute approximate surface area is 80.7 Å². The summed E-state index contributed by atoms with van der Waals surface area (Å²) < 4.78 is 0. The molecule has 3 N–H and O–H groups in total. The SMILES string of the molecule is NCC(=O)NCCN1C(=O)C=CC1=O. The third-order valence-electron chi connectivity index (χ3n) is 1.74. The van der Waals surface area contributed by atoms with Gasteiger partial charge in [-0.2, -0.15) is 0 Å².